The number of hydrogen-bond donors (Lipinski definition) is 0. The van der Waals surface area contributed by atoms with Gasteiger partial charge < -0.3 is 14.0 Å². The van der Waals surface area contributed by atoms with Crippen molar-refractivity contribution in [1.29, 1.82) is 0 Å². The van der Waals surface area contributed by atoms with E-state index in [4.69, 9.17) is 14.5 Å². The fourth-order valence-electron chi connectivity index (χ4n) is 3.64. The van der Waals surface area contributed by atoms with Crippen LogP contribution in [0.1, 0.15) is 36.7 Å². The summed E-state index contributed by atoms with van der Waals surface area (Å²) in [6.07, 6.45) is 0. The number of nitrogens with zero attached hydrogens (tertiary/aromatic N) is 2. The van der Waals surface area contributed by atoms with Gasteiger partial charge in [0.15, 0.2) is 0 Å². The molecule has 0 saturated carbocycles. The predicted octanol–water partition coefficient (Wildman–Crippen LogP) is 6.13. The molecule has 4 rings (SSSR count). The summed E-state index contributed by atoms with van der Waals surface area (Å²) < 4.78 is 14.4. The van der Waals surface area contributed by atoms with Crippen molar-refractivity contribution in [2.75, 3.05) is 6.61 Å². The van der Waals surface area contributed by atoms with Crippen molar-refractivity contribution in [3.8, 4) is 11.5 Å². The van der Waals surface area contributed by atoms with E-state index in [0.29, 0.717) is 25.7 Å². The molecule has 1 aromatic heterocycles. The number of aryl methyl sites for hydroxylation is 1. The van der Waals surface area contributed by atoms with Crippen LogP contribution in [0.2, 0.25) is 0 Å². The molecule has 0 bridgehead atoms. The molecule has 1 heterocycles. The maximum Gasteiger partial charge on any atom is 0.148 e. The van der Waals surface area contributed by atoms with Gasteiger partial charge in [-0.3, -0.25) is 0 Å². The van der Waals surface area contributed by atoms with E-state index in [1.165, 1.54) is 11.1 Å². The average molecular weight is 401 g/mol. The van der Waals surface area contributed by atoms with Crippen molar-refractivity contribution in [2.24, 2.45) is 0 Å². The van der Waals surface area contributed by atoms with Gasteiger partial charge in [0.1, 0.15) is 30.5 Å². The molecule has 4 nitrogen and oxygen atoms in total. The van der Waals surface area contributed by atoms with E-state index >= 15 is 0 Å². The van der Waals surface area contributed by atoms with E-state index in [2.05, 4.69) is 49.6 Å². The van der Waals surface area contributed by atoms with Crippen LogP contribution in [-0.2, 0) is 13.2 Å². The van der Waals surface area contributed by atoms with E-state index < -0.39 is 0 Å². The van der Waals surface area contributed by atoms with Crippen LogP contribution in [0.25, 0.3) is 11.0 Å². The molecule has 0 spiro atoms. The van der Waals surface area contributed by atoms with Crippen LogP contribution in [0, 0.1) is 6.92 Å². The topological polar surface area (TPSA) is 36.3 Å². The highest BCUT2D eigenvalue weighted by Gasteiger charge is 2.13. The summed E-state index contributed by atoms with van der Waals surface area (Å²) in [5.74, 6) is 3.12. The van der Waals surface area contributed by atoms with Gasteiger partial charge in [0.25, 0.3) is 0 Å². The lowest BCUT2D eigenvalue weighted by Crippen LogP contribution is -2.13. The molecule has 0 atom stereocenters. The highest BCUT2D eigenvalue weighted by molar-refractivity contribution is 5.75. The van der Waals surface area contributed by atoms with Crippen molar-refractivity contribution in [3.05, 3.63) is 89.7 Å². The number of benzene rings is 3. The largest absolute Gasteiger partial charge is 0.492 e. The number of para-hydroxylation sites is 3. The quantitative estimate of drug-likeness (QED) is 0.357. The first-order chi connectivity index (χ1) is 14.6. The average Bonchev–Trinajstić information content (AvgIpc) is 3.10. The zero-order chi connectivity index (χ0) is 20.9. The molecule has 0 saturated heterocycles. The Hall–Kier alpha value is -3.27. The number of imidazole rings is 1. The van der Waals surface area contributed by atoms with Crippen LogP contribution >= 0.6 is 0 Å². The van der Waals surface area contributed by atoms with Gasteiger partial charge in [-0.05, 0) is 54.3 Å². The zero-order valence-corrected chi connectivity index (χ0v) is 17.8. The van der Waals surface area contributed by atoms with Gasteiger partial charge in [-0.2, -0.15) is 0 Å². The fourth-order valence-corrected chi connectivity index (χ4v) is 3.64. The molecule has 0 unspecified atom stereocenters. The molecular weight excluding hydrogens is 372 g/mol. The summed E-state index contributed by atoms with van der Waals surface area (Å²) >= 11 is 0. The number of rotatable bonds is 8. The highest BCUT2D eigenvalue weighted by Crippen LogP contribution is 2.28. The first-order valence-electron chi connectivity index (χ1n) is 10.5. The van der Waals surface area contributed by atoms with Crippen molar-refractivity contribution < 1.29 is 9.47 Å². The van der Waals surface area contributed by atoms with Gasteiger partial charge in [-0.15, -0.1) is 0 Å². The van der Waals surface area contributed by atoms with Crippen LogP contribution in [0.3, 0.4) is 0 Å². The molecule has 154 valence electrons. The third-order valence-electron chi connectivity index (χ3n) is 5.21. The lowest BCUT2D eigenvalue weighted by atomic mass is 10.0. The minimum Gasteiger partial charge on any atom is -0.492 e. The second-order valence-corrected chi connectivity index (χ2v) is 7.81. The maximum atomic E-state index is 6.28. The molecule has 0 amide bonds. The lowest BCUT2D eigenvalue weighted by Gasteiger charge is -2.16. The van der Waals surface area contributed by atoms with Gasteiger partial charge in [0.2, 0.25) is 0 Å². The Morgan fingerprint density at radius 1 is 0.900 bits per heavy atom. The molecule has 4 heteroatoms. The highest BCUT2D eigenvalue weighted by atomic mass is 16.5. The van der Waals surface area contributed by atoms with Crippen LogP contribution in [0.4, 0.5) is 0 Å². The van der Waals surface area contributed by atoms with Crippen molar-refractivity contribution in [2.45, 2.75) is 39.8 Å². The second-order valence-electron chi connectivity index (χ2n) is 7.81. The first-order valence-corrected chi connectivity index (χ1v) is 10.5. The second kappa shape index (κ2) is 9.04. The van der Waals surface area contributed by atoms with Gasteiger partial charge in [0, 0.05) is 0 Å². The van der Waals surface area contributed by atoms with E-state index in [1.807, 2.05) is 48.5 Å². The molecule has 4 aromatic rings. The van der Waals surface area contributed by atoms with Gasteiger partial charge >= 0.3 is 0 Å². The molecule has 0 aliphatic carbocycles. The molecule has 0 aliphatic heterocycles. The third kappa shape index (κ3) is 4.48. The van der Waals surface area contributed by atoms with Crippen molar-refractivity contribution in [3.63, 3.8) is 0 Å². The summed E-state index contributed by atoms with van der Waals surface area (Å²) in [5, 5.41) is 0. The minimum atomic E-state index is 0.402. The van der Waals surface area contributed by atoms with Crippen molar-refractivity contribution in [1.82, 2.24) is 9.55 Å². The molecule has 0 aliphatic rings. The zero-order valence-electron chi connectivity index (χ0n) is 17.8. The van der Waals surface area contributed by atoms with Crippen molar-refractivity contribution >= 4 is 11.0 Å². The summed E-state index contributed by atoms with van der Waals surface area (Å²) in [4.78, 5) is 4.83. The third-order valence-corrected chi connectivity index (χ3v) is 5.21. The SMILES string of the molecule is Cc1ccc(C(C)C)c(OCc2nc3ccccc3n2CCOc2ccccc2)c1. The molecule has 0 N–H and O–H groups in total. The van der Waals surface area contributed by atoms with E-state index in [0.717, 1.165) is 28.4 Å². The summed E-state index contributed by atoms with van der Waals surface area (Å²) in [7, 11) is 0. The van der Waals surface area contributed by atoms with Crippen LogP contribution in [0.15, 0.2) is 72.8 Å². The monoisotopic (exact) mass is 400 g/mol. The Bertz CT molecular complexity index is 1120. The number of fused-ring (bicyclic) bond motifs is 1. The smallest absolute Gasteiger partial charge is 0.148 e. The normalized spacial score (nSPS) is 11.2. The first kappa shape index (κ1) is 20.0. The Morgan fingerprint density at radius 2 is 1.67 bits per heavy atom. The molecule has 0 radical (unpaired) electrons. The summed E-state index contributed by atoms with van der Waals surface area (Å²) in [6, 6.07) is 24.5. The lowest BCUT2D eigenvalue weighted by molar-refractivity contribution is 0.270. The Balaban J connectivity index is 1.55. The molecule has 3 aromatic carbocycles. The predicted molar refractivity (Wildman–Crippen MR) is 121 cm³/mol. The standard InChI is InChI=1S/C26H28N2O2/c1-19(2)22-14-13-20(3)17-25(22)30-18-26-27-23-11-7-8-12-24(23)28(26)15-16-29-21-9-5-4-6-10-21/h4-14,17,19H,15-16,18H2,1-3H3. The van der Waals surface area contributed by atoms with E-state index in [9.17, 15) is 0 Å². The fraction of sp³-hybridized carbons (Fsp3) is 0.269. The van der Waals surface area contributed by atoms with Crippen LogP contribution < -0.4 is 9.47 Å². The molecule has 30 heavy (non-hydrogen) atoms. The number of aromatic nitrogens is 2. The molecular formula is C26H28N2O2. The Labute approximate surface area is 178 Å². The van der Waals surface area contributed by atoms with Crippen LogP contribution in [0.5, 0.6) is 11.5 Å². The molecule has 0 fully saturated rings. The van der Waals surface area contributed by atoms with Gasteiger partial charge in [0.05, 0.1) is 17.6 Å². The van der Waals surface area contributed by atoms with Gasteiger partial charge in [-0.1, -0.05) is 56.3 Å². The van der Waals surface area contributed by atoms with Crippen LogP contribution in [-0.4, -0.2) is 16.2 Å². The maximum absolute atomic E-state index is 6.28. The van der Waals surface area contributed by atoms with E-state index in [-0.39, 0.29) is 0 Å². The van der Waals surface area contributed by atoms with E-state index in [1.54, 1.807) is 0 Å². The summed E-state index contributed by atoms with van der Waals surface area (Å²) in [5.41, 5.74) is 4.49. The minimum absolute atomic E-state index is 0.402. The van der Waals surface area contributed by atoms with Gasteiger partial charge in [-0.25, -0.2) is 4.98 Å². The summed E-state index contributed by atoms with van der Waals surface area (Å²) in [6.45, 7) is 8.16. The number of ether oxygens (including phenoxy) is 2. The number of hydrogen-bond acceptors (Lipinski definition) is 3. The Kier molecular flexibility index (Phi) is 6.03. The Morgan fingerprint density at radius 3 is 2.47 bits per heavy atom.